The average molecular weight is 674 g/mol. The number of hydrogen-bond acceptors (Lipinski definition) is 5. The van der Waals surface area contributed by atoms with Gasteiger partial charge in [0.25, 0.3) is 0 Å². The Morgan fingerprint density at radius 2 is 0.942 bits per heavy atom. The molecule has 0 amide bonds. The predicted molar refractivity (Wildman–Crippen MR) is 213 cm³/mol. The van der Waals surface area contributed by atoms with Crippen LogP contribution in [-0.2, 0) is 0 Å². The lowest BCUT2D eigenvalue weighted by Crippen LogP contribution is -2.54. The average Bonchev–Trinajstić information content (AvgIpc) is 3.24. The standard InChI is InChI=1S/C47H39N5/c1-5-16-33(17-6-1)41-31-42(34-18-7-2-8-19-34)49-44(48-41)38-27-25-35(26-28-38)43-39-24-14-13-15-32(39)29-30-40(43)47-51-45(36-20-9-3-10-21-36)50-46(52-47)37-22-11-4-12-23-37/h1-31,44-48,50-52H. The highest BCUT2D eigenvalue weighted by molar-refractivity contribution is 6.13. The molecule has 3 unspecified atom stereocenters. The van der Waals surface area contributed by atoms with Crippen molar-refractivity contribution in [3.8, 4) is 11.1 Å². The molecular formula is C47H39N5. The lowest BCUT2D eigenvalue weighted by Gasteiger charge is -2.40. The highest BCUT2D eigenvalue weighted by atomic mass is 15.4. The first-order chi connectivity index (χ1) is 25.8. The second kappa shape index (κ2) is 14.3. The molecule has 7 aromatic carbocycles. The molecule has 0 radical (unpaired) electrons. The van der Waals surface area contributed by atoms with Crippen LogP contribution >= 0.6 is 0 Å². The molecule has 2 aliphatic heterocycles. The number of hydrogen-bond donors (Lipinski definition) is 4. The Bertz CT molecular complexity index is 2310. The topological polar surface area (TPSA) is 60.5 Å². The SMILES string of the molecule is C1=C(c2ccccc2)NC(c2ccc(-c3c(C4NC(c5ccccc5)NC(c5ccccc5)N4)ccc4ccccc34)cc2)N=C1c1ccccc1. The number of allylic oxidation sites excluding steroid dienone is 1. The number of fused-ring (bicyclic) bond motifs is 1. The molecule has 3 atom stereocenters. The Balaban J connectivity index is 1.10. The largest absolute Gasteiger partial charge is 0.360 e. The van der Waals surface area contributed by atoms with Gasteiger partial charge >= 0.3 is 0 Å². The molecular weight excluding hydrogens is 635 g/mol. The molecule has 0 saturated carbocycles. The quantitative estimate of drug-likeness (QED) is 0.136. The zero-order valence-electron chi connectivity index (χ0n) is 28.7. The Labute approximate surface area is 304 Å². The Kier molecular flexibility index (Phi) is 8.73. The summed E-state index contributed by atoms with van der Waals surface area (Å²) in [5, 5.41) is 17.8. The Hall–Kier alpha value is -6.11. The third kappa shape index (κ3) is 6.45. The molecule has 0 spiro atoms. The van der Waals surface area contributed by atoms with E-state index in [0.29, 0.717) is 0 Å². The number of nitrogens with zero attached hydrogens (tertiary/aromatic N) is 1. The number of rotatable bonds is 7. The minimum absolute atomic E-state index is 0.0553. The molecule has 2 heterocycles. The molecule has 0 aromatic heterocycles. The number of nitrogens with one attached hydrogen (secondary N) is 4. The molecule has 2 aliphatic rings. The van der Waals surface area contributed by atoms with Gasteiger partial charge in [0.15, 0.2) is 0 Å². The third-order valence-corrected chi connectivity index (χ3v) is 10.0. The molecule has 52 heavy (non-hydrogen) atoms. The van der Waals surface area contributed by atoms with Crippen molar-refractivity contribution in [2.75, 3.05) is 0 Å². The summed E-state index contributed by atoms with van der Waals surface area (Å²) in [5.74, 6) is 0. The van der Waals surface area contributed by atoms with Crippen LogP contribution in [-0.4, -0.2) is 5.71 Å². The van der Waals surface area contributed by atoms with Crippen LogP contribution in [0, 0.1) is 0 Å². The van der Waals surface area contributed by atoms with Crippen LogP contribution < -0.4 is 21.3 Å². The molecule has 252 valence electrons. The van der Waals surface area contributed by atoms with Crippen molar-refractivity contribution >= 4 is 22.2 Å². The first kappa shape index (κ1) is 31.8. The van der Waals surface area contributed by atoms with Crippen LogP contribution in [0.25, 0.3) is 27.6 Å². The minimum atomic E-state index is -0.234. The summed E-state index contributed by atoms with van der Waals surface area (Å²) in [6, 6.07) is 64.3. The van der Waals surface area contributed by atoms with Gasteiger partial charge < -0.3 is 5.32 Å². The molecule has 5 heteroatoms. The van der Waals surface area contributed by atoms with Crippen molar-refractivity contribution in [1.82, 2.24) is 21.3 Å². The van der Waals surface area contributed by atoms with Gasteiger partial charge in [-0.05, 0) is 61.4 Å². The maximum absolute atomic E-state index is 5.22. The summed E-state index contributed by atoms with van der Waals surface area (Å²) in [5.41, 5.74) is 11.3. The van der Waals surface area contributed by atoms with E-state index in [1.165, 1.54) is 33.0 Å². The number of aliphatic imine (C=N–C) groups is 1. The van der Waals surface area contributed by atoms with Crippen molar-refractivity contribution in [3.05, 3.63) is 221 Å². The molecule has 1 fully saturated rings. The van der Waals surface area contributed by atoms with Crippen LogP contribution in [0.5, 0.6) is 0 Å². The summed E-state index contributed by atoms with van der Waals surface area (Å²) in [7, 11) is 0. The Morgan fingerprint density at radius 1 is 0.404 bits per heavy atom. The first-order valence-corrected chi connectivity index (χ1v) is 17.9. The lowest BCUT2D eigenvalue weighted by atomic mass is 9.90. The summed E-state index contributed by atoms with van der Waals surface area (Å²) in [6.45, 7) is 0. The summed E-state index contributed by atoms with van der Waals surface area (Å²) in [6.07, 6.45) is 1.68. The fourth-order valence-electron chi connectivity index (χ4n) is 7.43. The molecule has 4 N–H and O–H groups in total. The molecule has 9 rings (SSSR count). The van der Waals surface area contributed by atoms with E-state index in [0.717, 1.165) is 33.7 Å². The first-order valence-electron chi connectivity index (χ1n) is 17.9. The van der Waals surface area contributed by atoms with Gasteiger partial charge in [-0.25, -0.2) is 0 Å². The predicted octanol–water partition coefficient (Wildman–Crippen LogP) is 9.82. The van der Waals surface area contributed by atoms with Gasteiger partial charge in [0.2, 0.25) is 0 Å². The van der Waals surface area contributed by atoms with Crippen molar-refractivity contribution in [3.63, 3.8) is 0 Å². The highest BCUT2D eigenvalue weighted by Gasteiger charge is 2.31. The van der Waals surface area contributed by atoms with Crippen molar-refractivity contribution in [2.24, 2.45) is 4.99 Å². The van der Waals surface area contributed by atoms with E-state index in [4.69, 9.17) is 4.99 Å². The molecule has 5 nitrogen and oxygen atoms in total. The molecule has 1 saturated heterocycles. The summed E-state index contributed by atoms with van der Waals surface area (Å²) < 4.78 is 0. The number of benzene rings is 7. The monoisotopic (exact) mass is 673 g/mol. The minimum Gasteiger partial charge on any atom is -0.360 e. The van der Waals surface area contributed by atoms with Crippen LogP contribution in [0.2, 0.25) is 0 Å². The summed E-state index contributed by atoms with van der Waals surface area (Å²) in [4.78, 5) is 5.22. The zero-order chi connectivity index (χ0) is 34.7. The maximum atomic E-state index is 5.22. The molecule has 0 bridgehead atoms. The van der Waals surface area contributed by atoms with Crippen molar-refractivity contribution in [1.29, 1.82) is 0 Å². The second-order valence-electron chi connectivity index (χ2n) is 13.3. The lowest BCUT2D eigenvalue weighted by molar-refractivity contribution is 0.203. The highest BCUT2D eigenvalue weighted by Crippen LogP contribution is 2.38. The van der Waals surface area contributed by atoms with Gasteiger partial charge in [-0.3, -0.25) is 20.9 Å². The van der Waals surface area contributed by atoms with E-state index in [1.807, 2.05) is 6.07 Å². The fourth-order valence-corrected chi connectivity index (χ4v) is 7.43. The Morgan fingerprint density at radius 3 is 1.58 bits per heavy atom. The van der Waals surface area contributed by atoms with Gasteiger partial charge in [0.1, 0.15) is 6.17 Å². The van der Waals surface area contributed by atoms with E-state index >= 15 is 0 Å². The van der Waals surface area contributed by atoms with Crippen molar-refractivity contribution in [2.45, 2.75) is 24.7 Å². The molecule has 7 aromatic rings. The van der Waals surface area contributed by atoms with Gasteiger partial charge in [-0.15, -0.1) is 0 Å². The van der Waals surface area contributed by atoms with Gasteiger partial charge in [0, 0.05) is 5.70 Å². The second-order valence-corrected chi connectivity index (χ2v) is 13.3. The van der Waals surface area contributed by atoms with E-state index in [9.17, 15) is 0 Å². The van der Waals surface area contributed by atoms with Crippen LogP contribution in [0.4, 0.5) is 0 Å². The summed E-state index contributed by atoms with van der Waals surface area (Å²) >= 11 is 0. The molecule has 0 aliphatic carbocycles. The smallest absolute Gasteiger partial charge is 0.145 e. The van der Waals surface area contributed by atoms with Crippen molar-refractivity contribution < 1.29 is 0 Å². The van der Waals surface area contributed by atoms with Crippen LogP contribution in [0.15, 0.2) is 193 Å². The normalized spacial score (nSPS) is 20.1. The third-order valence-electron chi connectivity index (χ3n) is 10.0. The van der Waals surface area contributed by atoms with Crippen LogP contribution in [0.3, 0.4) is 0 Å². The van der Waals surface area contributed by atoms with Gasteiger partial charge in [-0.2, -0.15) is 0 Å². The zero-order valence-corrected chi connectivity index (χ0v) is 28.7. The van der Waals surface area contributed by atoms with E-state index in [1.54, 1.807) is 0 Å². The fraction of sp³-hybridized carbons (Fsp3) is 0.0851. The van der Waals surface area contributed by atoms with E-state index in [2.05, 4.69) is 203 Å². The van der Waals surface area contributed by atoms with E-state index < -0.39 is 0 Å². The van der Waals surface area contributed by atoms with Gasteiger partial charge in [0.05, 0.1) is 24.2 Å². The van der Waals surface area contributed by atoms with E-state index in [-0.39, 0.29) is 24.7 Å². The maximum Gasteiger partial charge on any atom is 0.145 e. The van der Waals surface area contributed by atoms with Gasteiger partial charge in [-0.1, -0.05) is 182 Å². The van der Waals surface area contributed by atoms with Crippen LogP contribution in [0.1, 0.15) is 58.0 Å².